The Hall–Kier alpha value is -2.30. The van der Waals surface area contributed by atoms with Crippen LogP contribution in [0.1, 0.15) is 16.1 Å². The molecule has 0 fully saturated rings. The first-order valence-corrected chi connectivity index (χ1v) is 5.10. The fraction of sp³-hybridized carbons (Fsp3) is 0.167. The summed E-state index contributed by atoms with van der Waals surface area (Å²) in [6, 6.07) is 7.23. The van der Waals surface area contributed by atoms with Gasteiger partial charge >= 0.3 is 5.97 Å². The first kappa shape index (κ1) is 11.2. The Morgan fingerprint density at radius 3 is 2.59 bits per heavy atom. The maximum atomic E-state index is 11.2. The van der Waals surface area contributed by atoms with Crippen molar-refractivity contribution >= 4 is 22.8 Å². The van der Waals surface area contributed by atoms with Crippen LogP contribution in [-0.2, 0) is 18.3 Å². The maximum Gasteiger partial charge on any atom is 0.352 e. The topological polar surface area (TPSA) is 85.3 Å². The van der Waals surface area contributed by atoms with E-state index >= 15 is 0 Å². The molecule has 2 rings (SSSR count). The van der Waals surface area contributed by atoms with Gasteiger partial charge in [-0.15, -0.1) is 0 Å². The van der Waals surface area contributed by atoms with Gasteiger partial charge in [0, 0.05) is 23.5 Å². The molecule has 88 valence electrons. The summed E-state index contributed by atoms with van der Waals surface area (Å²) in [5.41, 5.74) is 6.52. The molecule has 0 radical (unpaired) electrons. The van der Waals surface area contributed by atoms with Crippen molar-refractivity contribution in [1.82, 2.24) is 4.57 Å². The Labute approximate surface area is 97.4 Å². The minimum atomic E-state index is -1.06. The van der Waals surface area contributed by atoms with Crippen molar-refractivity contribution in [1.29, 1.82) is 0 Å². The summed E-state index contributed by atoms with van der Waals surface area (Å²) in [6.45, 7) is 0. The number of primary amides is 1. The third-order valence-electron chi connectivity index (χ3n) is 2.77. The lowest BCUT2D eigenvalue weighted by Gasteiger charge is -2.00. The molecule has 17 heavy (non-hydrogen) atoms. The van der Waals surface area contributed by atoms with Crippen molar-refractivity contribution < 1.29 is 14.7 Å². The van der Waals surface area contributed by atoms with Gasteiger partial charge in [-0.25, -0.2) is 4.79 Å². The standard InChI is InChI=1S/C12H12N2O3/c1-14-9-5-3-2-4-7(9)8(6-10(13)15)11(14)12(16)17/h2-5H,6H2,1H3,(H2,13,15)(H,16,17). The zero-order valence-electron chi connectivity index (χ0n) is 9.30. The van der Waals surface area contributed by atoms with E-state index in [4.69, 9.17) is 5.73 Å². The number of carboxylic acid groups (broad SMARTS) is 1. The number of hydrogen-bond donors (Lipinski definition) is 2. The maximum absolute atomic E-state index is 11.2. The molecule has 0 spiro atoms. The molecule has 0 bridgehead atoms. The predicted molar refractivity (Wildman–Crippen MR) is 62.8 cm³/mol. The normalized spacial score (nSPS) is 10.6. The number of aryl methyl sites for hydroxylation is 1. The summed E-state index contributed by atoms with van der Waals surface area (Å²) in [5.74, 6) is -1.59. The first-order chi connectivity index (χ1) is 8.02. The van der Waals surface area contributed by atoms with Crippen LogP contribution in [-0.4, -0.2) is 21.6 Å². The summed E-state index contributed by atoms with van der Waals surface area (Å²) < 4.78 is 1.57. The van der Waals surface area contributed by atoms with E-state index in [2.05, 4.69) is 0 Å². The highest BCUT2D eigenvalue weighted by Gasteiger charge is 2.21. The number of benzene rings is 1. The van der Waals surface area contributed by atoms with Crippen molar-refractivity contribution in [2.75, 3.05) is 0 Å². The van der Waals surface area contributed by atoms with Crippen molar-refractivity contribution in [3.05, 3.63) is 35.5 Å². The quantitative estimate of drug-likeness (QED) is 0.824. The third kappa shape index (κ3) is 1.75. The highest BCUT2D eigenvalue weighted by Crippen LogP contribution is 2.25. The second-order valence-corrected chi connectivity index (χ2v) is 3.85. The number of carbonyl (C=O) groups excluding carboxylic acids is 1. The lowest BCUT2D eigenvalue weighted by atomic mass is 10.1. The molecule has 1 aromatic heterocycles. The van der Waals surface area contributed by atoms with Gasteiger partial charge < -0.3 is 15.4 Å². The van der Waals surface area contributed by atoms with Crippen LogP contribution < -0.4 is 5.73 Å². The van der Waals surface area contributed by atoms with Gasteiger partial charge in [0.25, 0.3) is 0 Å². The molecule has 0 atom stereocenters. The molecule has 5 nitrogen and oxygen atoms in total. The molecule has 3 N–H and O–H groups in total. The van der Waals surface area contributed by atoms with E-state index in [-0.39, 0.29) is 12.1 Å². The molecular weight excluding hydrogens is 220 g/mol. The van der Waals surface area contributed by atoms with E-state index in [1.54, 1.807) is 23.7 Å². The monoisotopic (exact) mass is 232 g/mol. The van der Waals surface area contributed by atoms with Crippen LogP contribution in [0.5, 0.6) is 0 Å². The number of carboxylic acids is 1. The van der Waals surface area contributed by atoms with Crippen LogP contribution in [0.3, 0.4) is 0 Å². The van der Waals surface area contributed by atoms with Crippen molar-refractivity contribution in [2.45, 2.75) is 6.42 Å². The Morgan fingerprint density at radius 2 is 2.00 bits per heavy atom. The first-order valence-electron chi connectivity index (χ1n) is 5.10. The third-order valence-corrected chi connectivity index (χ3v) is 2.77. The van der Waals surface area contributed by atoms with Crippen LogP contribution in [0.4, 0.5) is 0 Å². The number of amides is 1. The van der Waals surface area contributed by atoms with Gasteiger partial charge in [-0.05, 0) is 6.07 Å². The van der Waals surface area contributed by atoms with Gasteiger partial charge in [0.1, 0.15) is 5.69 Å². The molecule has 1 heterocycles. The summed E-state index contributed by atoms with van der Waals surface area (Å²) in [7, 11) is 1.66. The lowest BCUT2D eigenvalue weighted by molar-refractivity contribution is -0.117. The Balaban J connectivity index is 2.80. The number of aromatic nitrogens is 1. The molecule has 0 saturated carbocycles. The predicted octanol–water partition coefficient (Wildman–Crippen LogP) is 0.904. The van der Waals surface area contributed by atoms with E-state index in [9.17, 15) is 14.7 Å². The number of rotatable bonds is 3. The fourth-order valence-electron chi connectivity index (χ4n) is 2.10. The SMILES string of the molecule is Cn1c(C(=O)O)c(CC(N)=O)c2ccccc21. The van der Waals surface area contributed by atoms with Crippen LogP contribution in [0.2, 0.25) is 0 Å². The lowest BCUT2D eigenvalue weighted by Crippen LogP contribution is -2.16. The van der Waals surface area contributed by atoms with Gasteiger partial charge in [0.15, 0.2) is 0 Å². The minimum absolute atomic E-state index is 0.0665. The molecule has 0 aliphatic rings. The van der Waals surface area contributed by atoms with Crippen LogP contribution in [0, 0.1) is 0 Å². The summed E-state index contributed by atoms with van der Waals surface area (Å²) in [5, 5.41) is 9.94. The number of hydrogen-bond acceptors (Lipinski definition) is 2. The van der Waals surface area contributed by atoms with E-state index in [0.29, 0.717) is 5.56 Å². The second kappa shape index (κ2) is 3.93. The molecule has 5 heteroatoms. The fourth-order valence-corrected chi connectivity index (χ4v) is 2.10. The smallest absolute Gasteiger partial charge is 0.352 e. The van der Waals surface area contributed by atoms with Crippen LogP contribution >= 0.6 is 0 Å². The van der Waals surface area contributed by atoms with Crippen molar-refractivity contribution in [3.63, 3.8) is 0 Å². The van der Waals surface area contributed by atoms with Gasteiger partial charge in [-0.2, -0.15) is 0 Å². The Kier molecular flexibility index (Phi) is 2.59. The number of nitrogens with two attached hydrogens (primary N) is 1. The van der Waals surface area contributed by atoms with E-state index in [1.165, 1.54) is 0 Å². The molecule has 1 amide bonds. The van der Waals surface area contributed by atoms with Gasteiger partial charge in [-0.1, -0.05) is 18.2 Å². The van der Waals surface area contributed by atoms with E-state index in [0.717, 1.165) is 10.9 Å². The van der Waals surface area contributed by atoms with Crippen LogP contribution in [0.25, 0.3) is 10.9 Å². The molecule has 0 unspecified atom stereocenters. The Morgan fingerprint density at radius 1 is 1.35 bits per heavy atom. The molecular formula is C12H12N2O3. The van der Waals surface area contributed by atoms with Crippen LogP contribution in [0.15, 0.2) is 24.3 Å². The molecule has 0 saturated heterocycles. The number of carbonyl (C=O) groups is 2. The number of nitrogens with zero attached hydrogens (tertiary/aromatic N) is 1. The molecule has 1 aromatic carbocycles. The highest BCUT2D eigenvalue weighted by atomic mass is 16.4. The largest absolute Gasteiger partial charge is 0.477 e. The highest BCUT2D eigenvalue weighted by molar-refractivity contribution is 6.00. The molecule has 0 aliphatic heterocycles. The second-order valence-electron chi connectivity index (χ2n) is 3.85. The van der Waals surface area contributed by atoms with Gasteiger partial charge in [0.05, 0.1) is 6.42 Å². The number of aromatic carboxylic acids is 1. The molecule has 0 aliphatic carbocycles. The van der Waals surface area contributed by atoms with E-state index in [1.807, 2.05) is 12.1 Å². The zero-order chi connectivity index (χ0) is 12.6. The zero-order valence-corrected chi connectivity index (χ0v) is 9.30. The summed E-state index contributed by atoms with van der Waals surface area (Å²) in [6.07, 6.45) is -0.0665. The number of fused-ring (bicyclic) bond motifs is 1. The minimum Gasteiger partial charge on any atom is -0.477 e. The van der Waals surface area contributed by atoms with Gasteiger partial charge in [0.2, 0.25) is 5.91 Å². The van der Waals surface area contributed by atoms with E-state index < -0.39 is 11.9 Å². The van der Waals surface area contributed by atoms with Crippen molar-refractivity contribution in [3.8, 4) is 0 Å². The average molecular weight is 232 g/mol. The van der Waals surface area contributed by atoms with Gasteiger partial charge in [-0.3, -0.25) is 4.79 Å². The molecule has 2 aromatic rings. The summed E-state index contributed by atoms with van der Waals surface area (Å²) >= 11 is 0. The number of para-hydroxylation sites is 1. The van der Waals surface area contributed by atoms with Crippen molar-refractivity contribution in [2.24, 2.45) is 12.8 Å². The Bertz CT molecular complexity index is 613. The average Bonchev–Trinajstić information content (AvgIpc) is 2.52. The summed E-state index contributed by atoms with van der Waals surface area (Å²) in [4.78, 5) is 22.2.